The number of esters is 1. The Labute approximate surface area is 121 Å². The molecule has 114 valence electrons. The Kier molecular flexibility index (Phi) is 6.56. The minimum Gasteiger partial charge on any atom is -0.465 e. The molecule has 1 aromatic rings. The fourth-order valence-corrected chi connectivity index (χ4v) is 3.84. The third kappa shape index (κ3) is 4.53. The van der Waals surface area contributed by atoms with Crippen LogP contribution in [0.25, 0.3) is 0 Å². The van der Waals surface area contributed by atoms with Gasteiger partial charge in [-0.2, -0.15) is 0 Å². The third-order valence-electron chi connectivity index (χ3n) is 2.42. The van der Waals surface area contributed by atoms with Crippen LogP contribution in [-0.4, -0.2) is 53.0 Å². The quantitative estimate of drug-likeness (QED) is 0.663. The van der Waals surface area contributed by atoms with E-state index < -0.39 is 22.1 Å². The van der Waals surface area contributed by atoms with Crippen molar-refractivity contribution in [3.63, 3.8) is 0 Å². The Bertz CT molecular complexity index is 539. The van der Waals surface area contributed by atoms with E-state index in [0.29, 0.717) is 0 Å². The lowest BCUT2D eigenvalue weighted by Gasteiger charge is -2.10. The highest BCUT2D eigenvalue weighted by atomic mass is 32.2. The Morgan fingerprint density at radius 1 is 1.50 bits per heavy atom. The Morgan fingerprint density at radius 2 is 2.20 bits per heavy atom. The second kappa shape index (κ2) is 7.70. The number of ether oxygens (including phenoxy) is 2. The topological polar surface area (TPSA) is 102 Å². The predicted octanol–water partition coefficient (Wildman–Crippen LogP) is 0.210. The SMILES string of the molecule is COCC(O)CCNS(=O)(=O)c1ccsc1C(=O)OC. The summed E-state index contributed by atoms with van der Waals surface area (Å²) in [6, 6.07) is 1.34. The van der Waals surface area contributed by atoms with Crippen molar-refractivity contribution in [2.75, 3.05) is 27.4 Å². The molecule has 20 heavy (non-hydrogen) atoms. The van der Waals surface area contributed by atoms with Gasteiger partial charge in [0.1, 0.15) is 9.77 Å². The standard InChI is InChI=1S/C11H17NO6S2/c1-17-7-8(13)3-5-12-20(15,16)9-4-6-19-10(9)11(14)18-2/h4,6,8,12-13H,3,5,7H2,1-2H3. The van der Waals surface area contributed by atoms with E-state index in [9.17, 15) is 18.3 Å². The highest BCUT2D eigenvalue weighted by Gasteiger charge is 2.24. The average Bonchev–Trinajstić information content (AvgIpc) is 2.88. The van der Waals surface area contributed by atoms with Crippen LogP contribution in [0.1, 0.15) is 16.1 Å². The molecule has 0 aliphatic carbocycles. The van der Waals surface area contributed by atoms with Crippen LogP contribution in [0.4, 0.5) is 0 Å². The van der Waals surface area contributed by atoms with Gasteiger partial charge in [0.15, 0.2) is 0 Å². The monoisotopic (exact) mass is 323 g/mol. The van der Waals surface area contributed by atoms with Crippen molar-refractivity contribution < 1.29 is 27.8 Å². The molecule has 0 radical (unpaired) electrons. The molecular formula is C11H17NO6S2. The van der Waals surface area contributed by atoms with E-state index in [-0.39, 0.29) is 29.3 Å². The fraction of sp³-hybridized carbons (Fsp3) is 0.545. The molecule has 0 aromatic carbocycles. The fourth-order valence-electron chi connectivity index (χ4n) is 1.46. The highest BCUT2D eigenvalue weighted by molar-refractivity contribution is 7.89. The maximum absolute atomic E-state index is 12.0. The zero-order chi connectivity index (χ0) is 15.2. The summed E-state index contributed by atoms with van der Waals surface area (Å²) in [5.41, 5.74) is 0. The van der Waals surface area contributed by atoms with Crippen LogP contribution in [0.5, 0.6) is 0 Å². The molecule has 1 heterocycles. The average molecular weight is 323 g/mol. The van der Waals surface area contributed by atoms with Crippen LogP contribution in [0, 0.1) is 0 Å². The van der Waals surface area contributed by atoms with E-state index in [1.807, 2.05) is 0 Å². The summed E-state index contributed by atoms with van der Waals surface area (Å²) in [4.78, 5) is 11.4. The van der Waals surface area contributed by atoms with Crippen molar-refractivity contribution in [2.24, 2.45) is 0 Å². The zero-order valence-corrected chi connectivity index (χ0v) is 12.8. The van der Waals surface area contributed by atoms with Crippen LogP contribution in [0.3, 0.4) is 0 Å². The Hall–Kier alpha value is -1.00. The first-order valence-corrected chi connectivity index (χ1v) is 8.11. The second-order valence-electron chi connectivity index (χ2n) is 3.90. The summed E-state index contributed by atoms with van der Waals surface area (Å²) in [6.45, 7) is 0.177. The van der Waals surface area contributed by atoms with Crippen molar-refractivity contribution in [2.45, 2.75) is 17.4 Å². The summed E-state index contributed by atoms with van der Waals surface area (Å²) in [5, 5.41) is 10.9. The number of aliphatic hydroxyl groups is 1. The van der Waals surface area contributed by atoms with Crippen LogP contribution in [-0.2, 0) is 19.5 Å². The molecule has 0 fully saturated rings. The maximum atomic E-state index is 12.0. The van der Waals surface area contributed by atoms with E-state index in [4.69, 9.17) is 4.74 Å². The van der Waals surface area contributed by atoms with Gasteiger partial charge >= 0.3 is 5.97 Å². The molecule has 1 unspecified atom stereocenters. The molecule has 1 rings (SSSR count). The summed E-state index contributed by atoms with van der Waals surface area (Å²) in [6.07, 6.45) is -0.532. The zero-order valence-electron chi connectivity index (χ0n) is 11.2. The van der Waals surface area contributed by atoms with Crippen molar-refractivity contribution in [1.29, 1.82) is 0 Å². The van der Waals surface area contributed by atoms with Gasteiger partial charge in [-0.05, 0) is 17.9 Å². The molecule has 0 saturated heterocycles. The van der Waals surface area contributed by atoms with Gasteiger partial charge in [0, 0.05) is 13.7 Å². The van der Waals surface area contributed by atoms with Crippen LogP contribution >= 0.6 is 11.3 Å². The number of sulfonamides is 1. The van der Waals surface area contributed by atoms with E-state index in [1.165, 1.54) is 25.7 Å². The molecule has 1 aromatic heterocycles. The van der Waals surface area contributed by atoms with Gasteiger partial charge in [0.25, 0.3) is 0 Å². The van der Waals surface area contributed by atoms with Gasteiger partial charge in [-0.1, -0.05) is 0 Å². The number of methoxy groups -OCH3 is 2. The molecule has 0 spiro atoms. The molecule has 0 aliphatic heterocycles. The van der Waals surface area contributed by atoms with Gasteiger partial charge < -0.3 is 14.6 Å². The third-order valence-corrected chi connectivity index (χ3v) is 4.95. The van der Waals surface area contributed by atoms with E-state index in [0.717, 1.165) is 11.3 Å². The highest BCUT2D eigenvalue weighted by Crippen LogP contribution is 2.22. The summed E-state index contributed by atoms with van der Waals surface area (Å²) in [5.74, 6) is -0.695. The maximum Gasteiger partial charge on any atom is 0.349 e. The van der Waals surface area contributed by atoms with Crippen molar-refractivity contribution in [3.8, 4) is 0 Å². The predicted molar refractivity (Wildman–Crippen MR) is 73.3 cm³/mol. The van der Waals surface area contributed by atoms with Crippen molar-refractivity contribution in [3.05, 3.63) is 16.3 Å². The molecule has 0 aliphatic rings. The first-order chi connectivity index (χ1) is 9.42. The lowest BCUT2D eigenvalue weighted by Crippen LogP contribution is -2.29. The molecule has 0 amide bonds. The number of aliphatic hydroxyl groups excluding tert-OH is 1. The Balaban J connectivity index is 2.70. The normalized spacial score (nSPS) is 13.2. The lowest BCUT2D eigenvalue weighted by atomic mass is 10.3. The summed E-state index contributed by atoms with van der Waals surface area (Å²) >= 11 is 0.994. The van der Waals surface area contributed by atoms with Gasteiger partial charge in [0.2, 0.25) is 10.0 Å². The molecular weight excluding hydrogens is 306 g/mol. The van der Waals surface area contributed by atoms with E-state index in [2.05, 4.69) is 9.46 Å². The first-order valence-electron chi connectivity index (χ1n) is 5.75. The number of carbonyl (C=O) groups is 1. The van der Waals surface area contributed by atoms with Gasteiger partial charge in [-0.15, -0.1) is 11.3 Å². The number of thiophene rings is 1. The number of hydrogen-bond acceptors (Lipinski definition) is 7. The smallest absolute Gasteiger partial charge is 0.349 e. The molecule has 2 N–H and O–H groups in total. The van der Waals surface area contributed by atoms with Gasteiger partial charge in [-0.3, -0.25) is 0 Å². The lowest BCUT2D eigenvalue weighted by molar-refractivity contribution is 0.0597. The number of nitrogens with one attached hydrogen (secondary N) is 1. The largest absolute Gasteiger partial charge is 0.465 e. The molecule has 7 nitrogen and oxygen atoms in total. The van der Waals surface area contributed by atoms with Crippen molar-refractivity contribution >= 4 is 27.3 Å². The second-order valence-corrected chi connectivity index (χ2v) is 6.55. The summed E-state index contributed by atoms with van der Waals surface area (Å²) in [7, 11) is -1.17. The van der Waals surface area contributed by atoms with Gasteiger partial charge in [-0.25, -0.2) is 17.9 Å². The minimum absolute atomic E-state index is 0.0254. The van der Waals surface area contributed by atoms with Crippen molar-refractivity contribution in [1.82, 2.24) is 4.72 Å². The molecule has 1 atom stereocenters. The number of hydrogen-bond donors (Lipinski definition) is 2. The number of carbonyl (C=O) groups excluding carboxylic acids is 1. The van der Waals surface area contributed by atoms with Crippen LogP contribution < -0.4 is 4.72 Å². The Morgan fingerprint density at radius 3 is 2.80 bits per heavy atom. The van der Waals surface area contributed by atoms with Crippen LogP contribution in [0.2, 0.25) is 0 Å². The molecule has 0 bridgehead atoms. The first kappa shape index (κ1) is 17.1. The van der Waals surface area contributed by atoms with E-state index >= 15 is 0 Å². The minimum atomic E-state index is -3.81. The van der Waals surface area contributed by atoms with E-state index in [1.54, 1.807) is 0 Å². The molecule has 0 saturated carbocycles. The van der Waals surface area contributed by atoms with Gasteiger partial charge in [0.05, 0.1) is 19.8 Å². The summed E-state index contributed by atoms with van der Waals surface area (Å²) < 4.78 is 35.7. The number of rotatable bonds is 8. The van der Waals surface area contributed by atoms with Crippen LogP contribution in [0.15, 0.2) is 16.3 Å². The molecule has 9 heteroatoms.